The lowest BCUT2D eigenvalue weighted by Crippen LogP contribution is -2.22. The van der Waals surface area contributed by atoms with Gasteiger partial charge < -0.3 is 9.80 Å². The summed E-state index contributed by atoms with van der Waals surface area (Å²) in [4.78, 5) is 6.27. The van der Waals surface area contributed by atoms with Crippen LogP contribution in [0.25, 0.3) is 10.1 Å². The SMILES string of the molecule is CCN(CC)c1ccc(C(c2cc3ccccc3s2)c2ccc(N(CC)CC)cc2C)c(C)c1. The van der Waals surface area contributed by atoms with Crippen LogP contribution in [0.4, 0.5) is 11.4 Å². The average molecular weight is 471 g/mol. The monoisotopic (exact) mass is 470 g/mol. The summed E-state index contributed by atoms with van der Waals surface area (Å²) in [6, 6.07) is 25.3. The van der Waals surface area contributed by atoms with E-state index in [1.165, 1.54) is 48.6 Å². The number of rotatable bonds is 9. The van der Waals surface area contributed by atoms with Crippen molar-refractivity contribution in [1.29, 1.82) is 0 Å². The molecule has 0 aliphatic carbocycles. The first-order valence-electron chi connectivity index (χ1n) is 12.7. The van der Waals surface area contributed by atoms with Gasteiger partial charge >= 0.3 is 0 Å². The third kappa shape index (κ3) is 4.72. The van der Waals surface area contributed by atoms with E-state index in [0.29, 0.717) is 0 Å². The molecule has 0 atom stereocenters. The first-order valence-corrected chi connectivity index (χ1v) is 13.5. The molecule has 34 heavy (non-hydrogen) atoms. The van der Waals surface area contributed by atoms with Crippen LogP contribution < -0.4 is 9.80 Å². The predicted molar refractivity (Wildman–Crippen MR) is 152 cm³/mol. The molecular weight excluding hydrogens is 432 g/mol. The van der Waals surface area contributed by atoms with E-state index in [0.717, 1.165) is 26.2 Å². The Bertz CT molecular complexity index is 1150. The first-order chi connectivity index (χ1) is 16.5. The van der Waals surface area contributed by atoms with Gasteiger partial charge in [0, 0.05) is 53.0 Å². The minimum absolute atomic E-state index is 0.230. The standard InChI is InChI=1S/C31H38N2S/c1-7-32(8-2)25-15-17-27(22(5)19-25)31(30-21-24-13-11-12-14-29(24)34-30)28-18-16-26(20-23(28)6)33(9-3)10-4/h11-21,31H,7-10H2,1-6H3. The summed E-state index contributed by atoms with van der Waals surface area (Å²) in [7, 11) is 0. The molecule has 1 heterocycles. The van der Waals surface area contributed by atoms with Gasteiger partial charge in [0.1, 0.15) is 0 Å². The predicted octanol–water partition coefficient (Wildman–Crippen LogP) is 8.39. The Morgan fingerprint density at radius 3 is 1.59 bits per heavy atom. The third-order valence-corrected chi connectivity index (χ3v) is 8.30. The normalized spacial score (nSPS) is 11.4. The van der Waals surface area contributed by atoms with Gasteiger partial charge in [-0.3, -0.25) is 0 Å². The maximum atomic E-state index is 2.43. The number of anilines is 2. The summed E-state index contributed by atoms with van der Waals surface area (Å²) in [6.45, 7) is 17.6. The van der Waals surface area contributed by atoms with Gasteiger partial charge in [-0.2, -0.15) is 0 Å². The molecule has 0 radical (unpaired) electrons. The fourth-order valence-electron chi connectivity index (χ4n) is 5.16. The van der Waals surface area contributed by atoms with Crippen LogP contribution in [0.2, 0.25) is 0 Å². The maximum absolute atomic E-state index is 2.43. The van der Waals surface area contributed by atoms with Crippen molar-refractivity contribution in [3.63, 3.8) is 0 Å². The van der Waals surface area contributed by atoms with Gasteiger partial charge in [-0.15, -0.1) is 11.3 Å². The van der Waals surface area contributed by atoms with E-state index in [4.69, 9.17) is 0 Å². The molecule has 0 bridgehead atoms. The number of hydrogen-bond donors (Lipinski definition) is 0. The summed E-state index contributed by atoms with van der Waals surface area (Å²) in [5.74, 6) is 0.230. The van der Waals surface area contributed by atoms with Crippen LogP contribution in [-0.2, 0) is 0 Å². The summed E-state index contributed by atoms with van der Waals surface area (Å²) < 4.78 is 1.36. The molecule has 4 rings (SSSR count). The first kappa shape index (κ1) is 24.3. The number of nitrogens with zero attached hydrogens (tertiary/aromatic N) is 2. The molecule has 1 aromatic heterocycles. The van der Waals surface area contributed by atoms with Crippen molar-refractivity contribution in [2.24, 2.45) is 0 Å². The van der Waals surface area contributed by atoms with Gasteiger partial charge in [-0.1, -0.05) is 30.3 Å². The molecule has 4 aromatic rings. The number of thiophene rings is 1. The fourth-order valence-corrected chi connectivity index (χ4v) is 6.36. The summed E-state index contributed by atoms with van der Waals surface area (Å²) in [5, 5.41) is 1.34. The summed E-state index contributed by atoms with van der Waals surface area (Å²) in [5.41, 5.74) is 8.16. The van der Waals surface area contributed by atoms with Gasteiger partial charge in [-0.25, -0.2) is 0 Å². The quantitative estimate of drug-likeness (QED) is 0.242. The van der Waals surface area contributed by atoms with Crippen molar-refractivity contribution in [3.05, 3.63) is 93.9 Å². The van der Waals surface area contributed by atoms with E-state index in [1.807, 2.05) is 11.3 Å². The van der Waals surface area contributed by atoms with Crippen LogP contribution in [-0.4, -0.2) is 26.2 Å². The lowest BCUT2D eigenvalue weighted by atomic mass is 9.84. The molecular formula is C31H38N2S. The molecule has 0 spiro atoms. The molecule has 0 unspecified atom stereocenters. The summed E-state index contributed by atoms with van der Waals surface area (Å²) >= 11 is 1.93. The van der Waals surface area contributed by atoms with Crippen LogP contribution in [0.15, 0.2) is 66.7 Å². The summed E-state index contributed by atoms with van der Waals surface area (Å²) in [6.07, 6.45) is 0. The van der Waals surface area contributed by atoms with E-state index in [9.17, 15) is 0 Å². The second kappa shape index (κ2) is 10.7. The van der Waals surface area contributed by atoms with Crippen molar-refractivity contribution >= 4 is 32.8 Å². The zero-order valence-electron chi connectivity index (χ0n) is 21.6. The Morgan fingerprint density at radius 1 is 0.647 bits per heavy atom. The van der Waals surface area contributed by atoms with Crippen LogP contribution >= 0.6 is 11.3 Å². The van der Waals surface area contributed by atoms with Gasteiger partial charge in [0.05, 0.1) is 0 Å². The van der Waals surface area contributed by atoms with Crippen molar-refractivity contribution < 1.29 is 0 Å². The Balaban J connectivity index is 1.87. The molecule has 0 aliphatic heterocycles. The Hall–Kier alpha value is -2.78. The molecule has 0 saturated carbocycles. The van der Waals surface area contributed by atoms with E-state index in [1.54, 1.807) is 0 Å². The van der Waals surface area contributed by atoms with Crippen LogP contribution in [0, 0.1) is 13.8 Å². The van der Waals surface area contributed by atoms with E-state index in [-0.39, 0.29) is 5.92 Å². The molecule has 3 heteroatoms. The van der Waals surface area contributed by atoms with Crippen molar-refractivity contribution in [2.75, 3.05) is 36.0 Å². The lowest BCUT2D eigenvalue weighted by molar-refractivity contribution is 0.860. The molecule has 0 N–H and O–H groups in total. The van der Waals surface area contributed by atoms with Crippen LogP contribution in [0.3, 0.4) is 0 Å². The fraction of sp³-hybridized carbons (Fsp3) is 0.355. The van der Waals surface area contributed by atoms with Gasteiger partial charge in [0.25, 0.3) is 0 Å². The maximum Gasteiger partial charge on any atom is 0.0439 e. The second-order valence-corrected chi connectivity index (χ2v) is 10.2. The highest BCUT2D eigenvalue weighted by Gasteiger charge is 2.23. The van der Waals surface area contributed by atoms with E-state index >= 15 is 0 Å². The van der Waals surface area contributed by atoms with Crippen LogP contribution in [0.5, 0.6) is 0 Å². The Kier molecular flexibility index (Phi) is 7.63. The Morgan fingerprint density at radius 2 is 1.15 bits per heavy atom. The van der Waals surface area contributed by atoms with Crippen LogP contribution in [0.1, 0.15) is 60.7 Å². The third-order valence-electron chi connectivity index (χ3n) is 7.12. The molecule has 3 aromatic carbocycles. The highest BCUT2D eigenvalue weighted by molar-refractivity contribution is 7.19. The zero-order valence-corrected chi connectivity index (χ0v) is 22.4. The van der Waals surface area contributed by atoms with Crippen molar-refractivity contribution in [2.45, 2.75) is 47.5 Å². The molecule has 0 fully saturated rings. The molecule has 178 valence electrons. The Labute approximate surface area is 209 Å². The molecule has 0 amide bonds. The zero-order chi connectivity index (χ0) is 24.2. The molecule has 0 saturated heterocycles. The second-order valence-electron chi connectivity index (χ2n) is 9.05. The van der Waals surface area contributed by atoms with Crippen molar-refractivity contribution in [1.82, 2.24) is 0 Å². The highest BCUT2D eigenvalue weighted by Crippen LogP contribution is 2.42. The molecule has 2 nitrogen and oxygen atoms in total. The number of hydrogen-bond acceptors (Lipinski definition) is 3. The van der Waals surface area contributed by atoms with Gasteiger partial charge in [0.2, 0.25) is 0 Å². The molecule has 0 aliphatic rings. The number of benzene rings is 3. The van der Waals surface area contributed by atoms with Crippen molar-refractivity contribution in [3.8, 4) is 0 Å². The highest BCUT2D eigenvalue weighted by atomic mass is 32.1. The number of aryl methyl sites for hydroxylation is 2. The number of fused-ring (bicyclic) bond motifs is 1. The average Bonchev–Trinajstić information content (AvgIpc) is 3.27. The van der Waals surface area contributed by atoms with E-state index in [2.05, 4.69) is 118 Å². The minimum Gasteiger partial charge on any atom is -0.372 e. The lowest BCUT2D eigenvalue weighted by Gasteiger charge is -2.27. The smallest absolute Gasteiger partial charge is 0.0439 e. The van der Waals surface area contributed by atoms with Gasteiger partial charge in [-0.05, 0) is 106 Å². The minimum atomic E-state index is 0.230. The largest absolute Gasteiger partial charge is 0.372 e. The van der Waals surface area contributed by atoms with Gasteiger partial charge in [0.15, 0.2) is 0 Å². The van der Waals surface area contributed by atoms with E-state index < -0.39 is 0 Å². The topological polar surface area (TPSA) is 6.48 Å².